The molecule has 3 N–H and O–H groups in total. The number of aliphatic hydroxyl groups is 1. The van der Waals surface area contributed by atoms with Gasteiger partial charge in [0.25, 0.3) is 5.91 Å². The molecule has 1 saturated carbocycles. The van der Waals surface area contributed by atoms with Gasteiger partial charge in [-0.2, -0.15) is 0 Å². The van der Waals surface area contributed by atoms with E-state index in [2.05, 4.69) is 10.6 Å². The highest BCUT2D eigenvalue weighted by Gasteiger charge is 2.40. The molecule has 26 heavy (non-hydrogen) atoms. The normalized spacial score (nSPS) is 28.8. The van der Waals surface area contributed by atoms with Crippen LogP contribution >= 0.6 is 0 Å². The van der Waals surface area contributed by atoms with E-state index >= 15 is 0 Å². The molecule has 0 spiro atoms. The van der Waals surface area contributed by atoms with Crippen molar-refractivity contribution >= 4 is 5.91 Å². The number of nitrogens with one attached hydrogen (secondary N) is 2. The summed E-state index contributed by atoms with van der Waals surface area (Å²) in [4.78, 5) is 12.0. The molecule has 0 bridgehead atoms. The van der Waals surface area contributed by atoms with E-state index in [1.54, 1.807) is 0 Å². The van der Waals surface area contributed by atoms with Crippen molar-refractivity contribution in [3.63, 3.8) is 0 Å². The fraction of sp³-hybridized carbons (Fsp3) is 0.611. The van der Waals surface area contributed by atoms with Gasteiger partial charge >= 0.3 is 0 Å². The Bertz CT molecular complexity index is 617. The molecular formula is C18H23F3N2O3. The van der Waals surface area contributed by atoms with Gasteiger partial charge in [-0.05, 0) is 37.1 Å². The average Bonchev–Trinajstić information content (AvgIpc) is 2.95. The summed E-state index contributed by atoms with van der Waals surface area (Å²) in [7, 11) is 0. The van der Waals surface area contributed by atoms with E-state index in [4.69, 9.17) is 4.74 Å². The van der Waals surface area contributed by atoms with E-state index in [0.29, 0.717) is 18.4 Å². The molecule has 1 heterocycles. The van der Waals surface area contributed by atoms with Gasteiger partial charge in [-0.3, -0.25) is 4.79 Å². The molecule has 1 aliphatic heterocycles. The van der Waals surface area contributed by atoms with Crippen LogP contribution in [-0.4, -0.2) is 54.4 Å². The van der Waals surface area contributed by atoms with Crippen LogP contribution in [-0.2, 0) is 4.74 Å². The summed E-state index contributed by atoms with van der Waals surface area (Å²) in [5.74, 6) is -3.40. The third kappa shape index (κ3) is 4.75. The smallest absolute Gasteiger partial charge is 0.251 e. The minimum atomic E-state index is -2.59. The van der Waals surface area contributed by atoms with Gasteiger partial charge in [-0.25, -0.2) is 13.2 Å². The number of carbonyl (C=O) groups is 1. The Morgan fingerprint density at radius 1 is 1.23 bits per heavy atom. The van der Waals surface area contributed by atoms with Crippen LogP contribution in [0.15, 0.2) is 24.3 Å². The summed E-state index contributed by atoms with van der Waals surface area (Å²) in [5.41, 5.74) is 0.316. The molecule has 1 amide bonds. The number of amides is 1. The van der Waals surface area contributed by atoms with E-state index in [1.165, 1.54) is 24.3 Å². The predicted octanol–water partition coefficient (Wildman–Crippen LogP) is 1.85. The SMILES string of the molecule is O=C(NC[C@H]1OC[C@@H](NC2CCC(F)(F)CC2)[C@@H]1O)c1ccc(F)cc1. The number of hydrogen-bond donors (Lipinski definition) is 3. The van der Waals surface area contributed by atoms with Crippen LogP contribution in [0.1, 0.15) is 36.0 Å². The molecule has 0 aromatic heterocycles. The van der Waals surface area contributed by atoms with Gasteiger partial charge in [-0.1, -0.05) is 0 Å². The molecule has 1 aromatic carbocycles. The number of hydrogen-bond acceptors (Lipinski definition) is 4. The maximum atomic E-state index is 13.2. The van der Waals surface area contributed by atoms with Gasteiger partial charge in [0.1, 0.15) is 11.9 Å². The summed E-state index contributed by atoms with van der Waals surface area (Å²) in [6.45, 7) is 0.365. The Labute approximate surface area is 149 Å². The van der Waals surface area contributed by atoms with Crippen LogP contribution in [0.5, 0.6) is 0 Å². The Balaban J connectivity index is 1.44. The monoisotopic (exact) mass is 372 g/mol. The van der Waals surface area contributed by atoms with Crippen LogP contribution in [0.3, 0.4) is 0 Å². The quantitative estimate of drug-likeness (QED) is 0.738. The second-order valence-electron chi connectivity index (χ2n) is 6.98. The minimum Gasteiger partial charge on any atom is -0.389 e. The summed E-state index contributed by atoms with van der Waals surface area (Å²) < 4.78 is 44.8. The molecular weight excluding hydrogens is 349 g/mol. The third-order valence-corrected chi connectivity index (χ3v) is 5.02. The lowest BCUT2D eigenvalue weighted by molar-refractivity contribution is -0.0421. The largest absolute Gasteiger partial charge is 0.389 e. The number of alkyl halides is 2. The molecule has 1 aromatic rings. The van der Waals surface area contributed by atoms with E-state index in [1.807, 2.05) is 0 Å². The highest BCUT2D eigenvalue weighted by molar-refractivity contribution is 5.94. The van der Waals surface area contributed by atoms with Gasteiger partial charge in [0, 0.05) is 31.0 Å². The van der Waals surface area contributed by atoms with E-state index in [0.717, 1.165) is 0 Å². The number of carbonyl (C=O) groups excluding carboxylic acids is 1. The van der Waals surface area contributed by atoms with Crippen LogP contribution in [0.2, 0.25) is 0 Å². The second-order valence-corrected chi connectivity index (χ2v) is 6.98. The van der Waals surface area contributed by atoms with E-state index < -0.39 is 23.9 Å². The molecule has 0 radical (unpaired) electrons. The zero-order chi connectivity index (χ0) is 18.7. The number of aliphatic hydroxyl groups excluding tert-OH is 1. The summed E-state index contributed by atoms with van der Waals surface area (Å²) in [6.07, 6.45) is -0.991. The topological polar surface area (TPSA) is 70.6 Å². The number of rotatable bonds is 5. The van der Waals surface area contributed by atoms with Gasteiger partial charge in [0.05, 0.1) is 18.8 Å². The first-order chi connectivity index (χ1) is 12.3. The van der Waals surface area contributed by atoms with Crippen molar-refractivity contribution in [1.29, 1.82) is 0 Å². The van der Waals surface area contributed by atoms with Gasteiger partial charge in [0.2, 0.25) is 5.92 Å². The summed E-state index contributed by atoms with van der Waals surface area (Å²) in [5, 5.41) is 16.2. The van der Waals surface area contributed by atoms with Crippen molar-refractivity contribution in [2.24, 2.45) is 0 Å². The van der Waals surface area contributed by atoms with E-state index in [-0.39, 0.29) is 44.0 Å². The fourth-order valence-corrected chi connectivity index (χ4v) is 3.42. The lowest BCUT2D eigenvalue weighted by Crippen LogP contribution is -2.49. The first-order valence-electron chi connectivity index (χ1n) is 8.81. The summed E-state index contributed by atoms with van der Waals surface area (Å²) >= 11 is 0. The highest BCUT2D eigenvalue weighted by atomic mass is 19.3. The molecule has 2 fully saturated rings. The van der Waals surface area contributed by atoms with Gasteiger partial charge in [0.15, 0.2) is 0 Å². The molecule has 144 valence electrons. The minimum absolute atomic E-state index is 0.0644. The lowest BCUT2D eigenvalue weighted by atomic mass is 9.91. The first-order valence-corrected chi connectivity index (χ1v) is 8.81. The molecule has 0 unspecified atom stereocenters. The zero-order valence-electron chi connectivity index (χ0n) is 14.3. The van der Waals surface area contributed by atoms with Crippen molar-refractivity contribution in [2.45, 2.75) is 55.9 Å². The number of ether oxygens (including phenoxy) is 1. The maximum Gasteiger partial charge on any atom is 0.251 e. The van der Waals surface area contributed by atoms with Crippen molar-refractivity contribution in [2.75, 3.05) is 13.2 Å². The molecule has 5 nitrogen and oxygen atoms in total. The Morgan fingerprint density at radius 2 is 1.88 bits per heavy atom. The van der Waals surface area contributed by atoms with E-state index in [9.17, 15) is 23.1 Å². The van der Waals surface area contributed by atoms with Crippen molar-refractivity contribution in [1.82, 2.24) is 10.6 Å². The van der Waals surface area contributed by atoms with Gasteiger partial charge < -0.3 is 20.5 Å². The molecule has 3 atom stereocenters. The molecule has 1 aliphatic carbocycles. The van der Waals surface area contributed by atoms with Gasteiger partial charge in [-0.15, -0.1) is 0 Å². The van der Waals surface area contributed by atoms with Crippen molar-refractivity contribution in [3.05, 3.63) is 35.6 Å². The van der Waals surface area contributed by atoms with Crippen LogP contribution in [0.25, 0.3) is 0 Å². The number of benzene rings is 1. The maximum absolute atomic E-state index is 13.2. The average molecular weight is 372 g/mol. The predicted molar refractivity (Wildman–Crippen MR) is 88.6 cm³/mol. The second kappa shape index (κ2) is 7.94. The van der Waals surface area contributed by atoms with Crippen LogP contribution in [0.4, 0.5) is 13.2 Å². The molecule has 2 aliphatic rings. The van der Waals surface area contributed by atoms with Crippen LogP contribution in [0, 0.1) is 5.82 Å². The lowest BCUT2D eigenvalue weighted by Gasteiger charge is -2.31. The standard InChI is InChI=1S/C18H23F3N2O3/c19-12-3-1-11(2-4-12)17(25)22-9-15-16(24)14(10-26-15)23-13-5-7-18(20,21)8-6-13/h1-4,13-16,23-24H,5-10H2,(H,22,25)/t14-,15-,16+/m1/s1. The molecule has 8 heteroatoms. The van der Waals surface area contributed by atoms with Crippen LogP contribution < -0.4 is 10.6 Å². The number of halogens is 3. The summed E-state index contributed by atoms with van der Waals surface area (Å²) in [6, 6.07) is 4.73. The molecule has 1 saturated heterocycles. The Morgan fingerprint density at radius 3 is 2.54 bits per heavy atom. The highest BCUT2D eigenvalue weighted by Crippen LogP contribution is 2.33. The molecule has 3 rings (SSSR count). The zero-order valence-corrected chi connectivity index (χ0v) is 14.3. The van der Waals surface area contributed by atoms with Crippen molar-refractivity contribution in [3.8, 4) is 0 Å². The van der Waals surface area contributed by atoms with Crippen molar-refractivity contribution < 1.29 is 27.8 Å². The Hall–Kier alpha value is -1.64. The third-order valence-electron chi connectivity index (χ3n) is 5.02. The fourth-order valence-electron chi connectivity index (χ4n) is 3.42. The Kier molecular flexibility index (Phi) is 5.84. The first kappa shape index (κ1) is 19.1.